The van der Waals surface area contributed by atoms with E-state index in [1.165, 1.54) is 0 Å². The molecule has 2 N–H and O–H groups in total. The molecule has 0 aliphatic heterocycles. The number of carboxylic acid groups (broad SMARTS) is 1. The third kappa shape index (κ3) is 5.45. The molecular weight excluding hydrogens is 270 g/mol. The van der Waals surface area contributed by atoms with Crippen molar-refractivity contribution in [3.05, 3.63) is 29.3 Å². The van der Waals surface area contributed by atoms with E-state index in [0.717, 1.165) is 29.7 Å². The maximum Gasteiger partial charge on any atom is 0.326 e. The van der Waals surface area contributed by atoms with Crippen LogP contribution in [-0.4, -0.2) is 30.1 Å². The Kier molecular flexibility index (Phi) is 6.72. The third-order valence-corrected chi connectivity index (χ3v) is 3.32. The van der Waals surface area contributed by atoms with Gasteiger partial charge in [-0.3, -0.25) is 4.79 Å². The van der Waals surface area contributed by atoms with E-state index >= 15 is 0 Å². The number of methoxy groups -OCH3 is 1. The van der Waals surface area contributed by atoms with Crippen LogP contribution in [0.15, 0.2) is 18.2 Å². The lowest BCUT2D eigenvalue weighted by atomic mass is 10.1. The Balaban J connectivity index is 2.65. The van der Waals surface area contributed by atoms with E-state index in [4.69, 9.17) is 9.84 Å². The van der Waals surface area contributed by atoms with Crippen molar-refractivity contribution in [2.24, 2.45) is 0 Å². The van der Waals surface area contributed by atoms with E-state index in [0.29, 0.717) is 6.42 Å². The number of aryl methyl sites for hydroxylation is 1. The Bertz CT molecular complexity index is 499. The monoisotopic (exact) mass is 293 g/mol. The van der Waals surface area contributed by atoms with E-state index < -0.39 is 12.0 Å². The topological polar surface area (TPSA) is 75.6 Å². The molecule has 0 heterocycles. The van der Waals surface area contributed by atoms with Crippen molar-refractivity contribution in [1.82, 2.24) is 5.32 Å². The van der Waals surface area contributed by atoms with Crippen LogP contribution >= 0.6 is 0 Å². The average Bonchev–Trinajstić information content (AvgIpc) is 2.45. The molecule has 5 heteroatoms. The van der Waals surface area contributed by atoms with Crippen LogP contribution in [0.3, 0.4) is 0 Å². The number of carbonyl (C=O) groups excluding carboxylic acids is 1. The van der Waals surface area contributed by atoms with Gasteiger partial charge in [0, 0.05) is 0 Å². The first kappa shape index (κ1) is 17.0. The van der Waals surface area contributed by atoms with Gasteiger partial charge in [0.25, 0.3) is 0 Å². The predicted molar refractivity (Wildman–Crippen MR) is 80.5 cm³/mol. The molecule has 1 rings (SSSR count). The number of carbonyl (C=O) groups is 2. The molecule has 1 amide bonds. The highest BCUT2D eigenvalue weighted by Crippen LogP contribution is 2.19. The Morgan fingerprint density at radius 2 is 2.10 bits per heavy atom. The largest absolute Gasteiger partial charge is 0.496 e. The molecule has 21 heavy (non-hydrogen) atoms. The zero-order valence-corrected chi connectivity index (χ0v) is 12.8. The molecule has 0 aliphatic carbocycles. The number of hydrogen-bond acceptors (Lipinski definition) is 3. The van der Waals surface area contributed by atoms with Crippen molar-refractivity contribution in [1.29, 1.82) is 0 Å². The third-order valence-electron chi connectivity index (χ3n) is 3.32. The minimum Gasteiger partial charge on any atom is -0.496 e. The standard InChI is InChI=1S/C16H23NO4/c1-4-5-6-13(16(19)20)17-15(18)10-12-8-7-11(2)14(9-12)21-3/h7-9,13H,4-6,10H2,1-3H3,(H,17,18)(H,19,20). The fourth-order valence-corrected chi connectivity index (χ4v) is 2.07. The number of ether oxygens (including phenoxy) is 1. The molecule has 1 aromatic rings. The van der Waals surface area contributed by atoms with Crippen molar-refractivity contribution in [3.63, 3.8) is 0 Å². The first-order valence-corrected chi connectivity index (χ1v) is 7.13. The quantitative estimate of drug-likeness (QED) is 0.771. The molecule has 1 unspecified atom stereocenters. The number of nitrogens with one attached hydrogen (secondary N) is 1. The van der Waals surface area contributed by atoms with Crippen molar-refractivity contribution < 1.29 is 19.4 Å². The minimum atomic E-state index is -0.988. The second kappa shape index (κ2) is 8.29. The molecule has 5 nitrogen and oxygen atoms in total. The lowest BCUT2D eigenvalue weighted by molar-refractivity contribution is -0.142. The molecule has 0 bridgehead atoms. The molecule has 0 aliphatic rings. The van der Waals surface area contributed by atoms with E-state index in [1.807, 2.05) is 26.0 Å². The summed E-state index contributed by atoms with van der Waals surface area (Å²) in [4.78, 5) is 23.1. The number of unbranched alkanes of at least 4 members (excludes halogenated alkanes) is 1. The normalized spacial score (nSPS) is 11.8. The second-order valence-electron chi connectivity index (χ2n) is 5.08. The summed E-state index contributed by atoms with van der Waals surface area (Å²) in [5.41, 5.74) is 1.79. The summed E-state index contributed by atoms with van der Waals surface area (Å²) < 4.78 is 5.21. The zero-order chi connectivity index (χ0) is 15.8. The second-order valence-corrected chi connectivity index (χ2v) is 5.08. The van der Waals surface area contributed by atoms with Crippen LogP contribution in [-0.2, 0) is 16.0 Å². The van der Waals surface area contributed by atoms with E-state index in [1.54, 1.807) is 13.2 Å². The highest BCUT2D eigenvalue weighted by atomic mass is 16.5. The van der Waals surface area contributed by atoms with Crippen molar-refractivity contribution in [2.75, 3.05) is 7.11 Å². The van der Waals surface area contributed by atoms with Crippen molar-refractivity contribution in [3.8, 4) is 5.75 Å². The van der Waals surface area contributed by atoms with E-state index in [2.05, 4.69) is 5.32 Å². The van der Waals surface area contributed by atoms with Crippen molar-refractivity contribution in [2.45, 2.75) is 45.6 Å². The maximum absolute atomic E-state index is 12.0. The lowest BCUT2D eigenvalue weighted by Crippen LogP contribution is -2.41. The van der Waals surface area contributed by atoms with E-state index in [-0.39, 0.29) is 12.3 Å². The summed E-state index contributed by atoms with van der Waals surface area (Å²) >= 11 is 0. The first-order chi connectivity index (χ1) is 9.97. The molecule has 0 radical (unpaired) electrons. The maximum atomic E-state index is 12.0. The summed E-state index contributed by atoms with van der Waals surface area (Å²) in [6, 6.07) is 4.72. The molecule has 0 spiro atoms. The van der Waals surface area contributed by atoms with Gasteiger partial charge in [0.2, 0.25) is 5.91 Å². The predicted octanol–water partition coefficient (Wildman–Crippen LogP) is 2.31. The van der Waals surface area contributed by atoms with Crippen LogP contribution < -0.4 is 10.1 Å². The Morgan fingerprint density at radius 1 is 1.38 bits per heavy atom. The van der Waals surface area contributed by atoms with Gasteiger partial charge in [-0.1, -0.05) is 31.9 Å². The van der Waals surface area contributed by atoms with Crippen LogP contribution in [0.25, 0.3) is 0 Å². The van der Waals surface area contributed by atoms with Gasteiger partial charge in [-0.05, 0) is 30.5 Å². The molecule has 1 aromatic carbocycles. The number of carboxylic acids is 1. The van der Waals surface area contributed by atoms with Crippen LogP contribution in [0, 0.1) is 6.92 Å². The SMILES string of the molecule is CCCCC(NC(=O)Cc1ccc(C)c(OC)c1)C(=O)O. The molecule has 0 aromatic heterocycles. The Morgan fingerprint density at radius 3 is 2.67 bits per heavy atom. The fourth-order valence-electron chi connectivity index (χ4n) is 2.07. The number of benzene rings is 1. The van der Waals surface area contributed by atoms with Crippen molar-refractivity contribution >= 4 is 11.9 Å². The lowest BCUT2D eigenvalue weighted by Gasteiger charge is -2.14. The summed E-state index contributed by atoms with van der Waals surface area (Å²) in [6.07, 6.45) is 2.27. The van der Waals surface area contributed by atoms with Gasteiger partial charge in [-0.25, -0.2) is 4.79 Å². The van der Waals surface area contributed by atoms with Gasteiger partial charge in [-0.15, -0.1) is 0 Å². The van der Waals surface area contributed by atoms with Gasteiger partial charge in [0.1, 0.15) is 11.8 Å². The van der Waals surface area contributed by atoms with Gasteiger partial charge in [0.05, 0.1) is 13.5 Å². The van der Waals surface area contributed by atoms with Crippen LogP contribution in [0.4, 0.5) is 0 Å². The number of rotatable bonds is 8. The van der Waals surface area contributed by atoms with Gasteiger partial charge >= 0.3 is 5.97 Å². The molecular formula is C16H23NO4. The molecule has 0 saturated carbocycles. The van der Waals surface area contributed by atoms with Crippen LogP contribution in [0.1, 0.15) is 37.3 Å². The smallest absolute Gasteiger partial charge is 0.326 e. The number of amides is 1. The van der Waals surface area contributed by atoms with Crippen LogP contribution in [0.5, 0.6) is 5.75 Å². The number of aliphatic carboxylic acids is 1. The Labute approximate surface area is 125 Å². The highest BCUT2D eigenvalue weighted by molar-refractivity contribution is 5.84. The zero-order valence-electron chi connectivity index (χ0n) is 12.8. The molecule has 0 saturated heterocycles. The summed E-state index contributed by atoms with van der Waals surface area (Å²) in [7, 11) is 1.58. The van der Waals surface area contributed by atoms with Crippen LogP contribution in [0.2, 0.25) is 0 Å². The Hall–Kier alpha value is -2.04. The van der Waals surface area contributed by atoms with Gasteiger partial charge < -0.3 is 15.2 Å². The first-order valence-electron chi connectivity index (χ1n) is 7.13. The van der Waals surface area contributed by atoms with Gasteiger partial charge in [-0.2, -0.15) is 0 Å². The molecule has 0 fully saturated rings. The summed E-state index contributed by atoms with van der Waals surface area (Å²) in [5, 5.41) is 11.7. The minimum absolute atomic E-state index is 0.145. The van der Waals surface area contributed by atoms with Gasteiger partial charge in [0.15, 0.2) is 0 Å². The average molecular weight is 293 g/mol. The summed E-state index contributed by atoms with van der Waals surface area (Å²) in [5.74, 6) is -0.552. The highest BCUT2D eigenvalue weighted by Gasteiger charge is 2.19. The van der Waals surface area contributed by atoms with E-state index in [9.17, 15) is 9.59 Å². The summed E-state index contributed by atoms with van der Waals surface area (Å²) in [6.45, 7) is 3.91. The molecule has 1 atom stereocenters. The molecule has 116 valence electrons. The number of hydrogen-bond donors (Lipinski definition) is 2. The fraction of sp³-hybridized carbons (Fsp3) is 0.500.